The zero-order valence-electron chi connectivity index (χ0n) is 10.5. The second kappa shape index (κ2) is 6.18. The second-order valence-corrected chi connectivity index (χ2v) is 5.74. The summed E-state index contributed by atoms with van der Waals surface area (Å²) in [7, 11) is 1.98. The molecule has 0 saturated heterocycles. The summed E-state index contributed by atoms with van der Waals surface area (Å²) >= 11 is 1.65. The molecule has 0 aliphatic rings. The smallest absolute Gasteiger partial charge is 0.104 e. The average molecular weight is 253 g/mol. The molecule has 4 heteroatoms. The van der Waals surface area contributed by atoms with E-state index < -0.39 is 5.60 Å². The van der Waals surface area contributed by atoms with Crippen molar-refractivity contribution < 1.29 is 10.2 Å². The Labute approximate surface area is 107 Å². The SMILES string of the molecule is CN(Cc1cc(C#CCO)cs1)CC(C)(C)O. The Hall–Kier alpha value is -0.860. The number of hydrogen-bond acceptors (Lipinski definition) is 4. The summed E-state index contributed by atoms with van der Waals surface area (Å²) in [5.74, 6) is 5.51. The number of aliphatic hydroxyl groups is 2. The first-order chi connectivity index (χ1) is 7.90. The molecule has 2 N–H and O–H groups in total. The Balaban J connectivity index is 2.54. The van der Waals surface area contributed by atoms with Crippen LogP contribution in [0.3, 0.4) is 0 Å². The van der Waals surface area contributed by atoms with Crippen molar-refractivity contribution >= 4 is 11.3 Å². The van der Waals surface area contributed by atoms with Crippen molar-refractivity contribution in [3.05, 3.63) is 21.9 Å². The topological polar surface area (TPSA) is 43.7 Å². The molecule has 0 aromatic carbocycles. The van der Waals surface area contributed by atoms with Crippen LogP contribution in [0.15, 0.2) is 11.4 Å². The van der Waals surface area contributed by atoms with Crippen LogP contribution >= 0.6 is 11.3 Å². The molecule has 3 nitrogen and oxygen atoms in total. The van der Waals surface area contributed by atoms with Crippen molar-refractivity contribution in [1.82, 2.24) is 4.90 Å². The maximum absolute atomic E-state index is 9.70. The molecule has 94 valence electrons. The lowest BCUT2D eigenvalue weighted by atomic mass is 10.1. The van der Waals surface area contributed by atoms with Crippen LogP contribution in [0.4, 0.5) is 0 Å². The molecule has 0 bridgehead atoms. The van der Waals surface area contributed by atoms with Crippen molar-refractivity contribution in [2.75, 3.05) is 20.2 Å². The lowest BCUT2D eigenvalue weighted by Crippen LogP contribution is -2.35. The Morgan fingerprint density at radius 2 is 2.18 bits per heavy atom. The van der Waals surface area contributed by atoms with Crippen molar-refractivity contribution in [2.45, 2.75) is 26.0 Å². The van der Waals surface area contributed by atoms with Crippen LogP contribution in [-0.4, -0.2) is 40.9 Å². The molecule has 0 fully saturated rings. The first kappa shape index (κ1) is 14.2. The van der Waals surface area contributed by atoms with E-state index in [-0.39, 0.29) is 6.61 Å². The minimum absolute atomic E-state index is 0.107. The van der Waals surface area contributed by atoms with Crippen LogP contribution in [0.25, 0.3) is 0 Å². The third-order valence-electron chi connectivity index (χ3n) is 2.05. The third kappa shape index (κ3) is 5.85. The van der Waals surface area contributed by atoms with Crippen LogP contribution in [-0.2, 0) is 6.54 Å². The molecule has 0 aliphatic carbocycles. The van der Waals surface area contributed by atoms with Gasteiger partial charge in [0.1, 0.15) is 6.61 Å². The highest BCUT2D eigenvalue weighted by atomic mass is 32.1. The molecule has 1 aromatic heterocycles. The Kier molecular flexibility index (Phi) is 5.16. The highest BCUT2D eigenvalue weighted by Gasteiger charge is 2.15. The van der Waals surface area contributed by atoms with Gasteiger partial charge in [0, 0.05) is 28.9 Å². The molecule has 17 heavy (non-hydrogen) atoms. The standard InChI is InChI=1S/C13H19NO2S/c1-13(2,16)10-14(3)8-12-7-11(9-17-12)5-4-6-15/h7,9,15-16H,6,8,10H2,1-3H3. The van der Waals surface area contributed by atoms with Gasteiger partial charge in [-0.15, -0.1) is 11.3 Å². The molecule has 0 spiro atoms. The molecule has 0 saturated carbocycles. The molecule has 0 atom stereocenters. The maximum Gasteiger partial charge on any atom is 0.104 e. The minimum Gasteiger partial charge on any atom is -0.389 e. The highest BCUT2D eigenvalue weighted by molar-refractivity contribution is 7.10. The van der Waals surface area contributed by atoms with E-state index >= 15 is 0 Å². The molecule has 1 rings (SSSR count). The van der Waals surface area contributed by atoms with E-state index in [9.17, 15) is 5.11 Å². The van der Waals surface area contributed by atoms with Gasteiger partial charge in [0.2, 0.25) is 0 Å². The third-order valence-corrected chi connectivity index (χ3v) is 2.97. The van der Waals surface area contributed by atoms with Gasteiger partial charge in [-0.1, -0.05) is 11.8 Å². The fourth-order valence-corrected chi connectivity index (χ4v) is 2.55. The van der Waals surface area contributed by atoms with E-state index in [0.29, 0.717) is 6.54 Å². The molecule has 0 unspecified atom stereocenters. The number of hydrogen-bond donors (Lipinski definition) is 2. The molecule has 1 aromatic rings. The van der Waals surface area contributed by atoms with Gasteiger partial charge in [0.05, 0.1) is 5.60 Å². The summed E-state index contributed by atoms with van der Waals surface area (Å²) in [4.78, 5) is 3.29. The van der Waals surface area contributed by atoms with E-state index in [1.807, 2.05) is 18.5 Å². The fourth-order valence-electron chi connectivity index (χ4n) is 1.65. The lowest BCUT2D eigenvalue weighted by Gasteiger charge is -2.24. The highest BCUT2D eigenvalue weighted by Crippen LogP contribution is 2.16. The number of nitrogens with zero attached hydrogens (tertiary/aromatic N) is 1. The molecular weight excluding hydrogens is 234 g/mol. The molecular formula is C13H19NO2S. The first-order valence-electron chi connectivity index (χ1n) is 5.49. The van der Waals surface area contributed by atoms with Crippen molar-refractivity contribution in [1.29, 1.82) is 0 Å². The lowest BCUT2D eigenvalue weighted by molar-refractivity contribution is 0.0427. The number of aliphatic hydroxyl groups excluding tert-OH is 1. The Morgan fingerprint density at radius 1 is 1.47 bits per heavy atom. The predicted octanol–water partition coefficient (Wildman–Crippen LogP) is 1.29. The van der Waals surface area contributed by atoms with E-state index in [1.54, 1.807) is 25.2 Å². The number of thiophene rings is 1. The predicted molar refractivity (Wildman–Crippen MR) is 70.9 cm³/mol. The first-order valence-corrected chi connectivity index (χ1v) is 6.37. The van der Waals surface area contributed by atoms with Gasteiger partial charge in [-0.25, -0.2) is 0 Å². The van der Waals surface area contributed by atoms with Gasteiger partial charge < -0.3 is 10.2 Å². The van der Waals surface area contributed by atoms with Crippen molar-refractivity contribution in [2.24, 2.45) is 0 Å². The van der Waals surface area contributed by atoms with Crippen molar-refractivity contribution in [3.63, 3.8) is 0 Å². The normalized spacial score (nSPS) is 11.4. The van der Waals surface area contributed by atoms with E-state index in [1.165, 1.54) is 4.88 Å². The second-order valence-electron chi connectivity index (χ2n) is 4.75. The summed E-state index contributed by atoms with van der Waals surface area (Å²) < 4.78 is 0. The van der Waals surface area contributed by atoms with Crippen LogP contribution in [0.1, 0.15) is 24.3 Å². The molecule has 0 aliphatic heterocycles. The van der Waals surface area contributed by atoms with Crippen LogP contribution in [0, 0.1) is 11.8 Å². The van der Waals surface area contributed by atoms with Gasteiger partial charge >= 0.3 is 0 Å². The molecule has 0 amide bonds. The molecule has 0 radical (unpaired) electrons. The summed E-state index contributed by atoms with van der Waals surface area (Å²) in [5.41, 5.74) is 0.265. The van der Waals surface area contributed by atoms with Crippen LogP contribution < -0.4 is 0 Å². The van der Waals surface area contributed by atoms with E-state index in [4.69, 9.17) is 5.11 Å². The van der Waals surface area contributed by atoms with Crippen LogP contribution in [0.5, 0.6) is 0 Å². The van der Waals surface area contributed by atoms with Gasteiger partial charge in [0.15, 0.2) is 0 Å². The van der Waals surface area contributed by atoms with E-state index in [0.717, 1.165) is 12.1 Å². The zero-order chi connectivity index (χ0) is 12.9. The minimum atomic E-state index is -0.675. The van der Waals surface area contributed by atoms with Crippen LogP contribution in [0.2, 0.25) is 0 Å². The number of rotatable bonds is 4. The van der Waals surface area contributed by atoms with E-state index in [2.05, 4.69) is 16.7 Å². The Bertz CT molecular complexity index is 409. The number of likely N-dealkylation sites (N-methyl/N-ethyl adjacent to an activating group) is 1. The summed E-state index contributed by atoms with van der Waals surface area (Å²) in [6.07, 6.45) is 0. The van der Waals surface area contributed by atoms with Crippen molar-refractivity contribution in [3.8, 4) is 11.8 Å². The fraction of sp³-hybridized carbons (Fsp3) is 0.538. The van der Waals surface area contributed by atoms with Gasteiger partial charge in [0.25, 0.3) is 0 Å². The van der Waals surface area contributed by atoms with Gasteiger partial charge in [-0.2, -0.15) is 0 Å². The monoisotopic (exact) mass is 253 g/mol. The summed E-state index contributed by atoms with van der Waals surface area (Å²) in [6, 6.07) is 2.02. The zero-order valence-corrected chi connectivity index (χ0v) is 11.3. The van der Waals surface area contributed by atoms with Gasteiger partial charge in [-0.3, -0.25) is 4.90 Å². The quantitative estimate of drug-likeness (QED) is 0.795. The summed E-state index contributed by atoms with van der Waals surface area (Å²) in [5, 5.41) is 20.3. The Morgan fingerprint density at radius 3 is 2.76 bits per heavy atom. The largest absolute Gasteiger partial charge is 0.389 e. The maximum atomic E-state index is 9.70. The molecule has 1 heterocycles. The van der Waals surface area contributed by atoms with Gasteiger partial charge in [-0.05, 0) is 27.0 Å². The summed E-state index contributed by atoms with van der Waals surface area (Å²) in [6.45, 7) is 4.92. The average Bonchev–Trinajstić information content (AvgIpc) is 2.59.